The second kappa shape index (κ2) is 9.62. The van der Waals surface area contributed by atoms with Gasteiger partial charge >= 0.3 is 6.36 Å². The highest BCUT2D eigenvalue weighted by Crippen LogP contribution is 2.24. The van der Waals surface area contributed by atoms with Crippen molar-refractivity contribution in [2.45, 2.75) is 27.1 Å². The molecule has 0 fully saturated rings. The van der Waals surface area contributed by atoms with E-state index in [1.54, 1.807) is 7.05 Å². The van der Waals surface area contributed by atoms with Gasteiger partial charge in [-0.05, 0) is 63.2 Å². The van der Waals surface area contributed by atoms with Crippen molar-refractivity contribution in [1.82, 2.24) is 4.90 Å². The Labute approximate surface area is 173 Å². The van der Waals surface area contributed by atoms with Gasteiger partial charge < -0.3 is 15.4 Å². The molecule has 162 valence electrons. The number of aryl methyl sites for hydroxylation is 3. The maximum absolute atomic E-state index is 12.3. The molecule has 0 aromatic heterocycles. The van der Waals surface area contributed by atoms with E-state index in [9.17, 15) is 22.8 Å². The number of carbonyl (C=O) groups is 2. The molecule has 2 rings (SSSR count). The number of anilines is 2. The second-order valence-electron chi connectivity index (χ2n) is 7.11. The number of alkyl halides is 3. The van der Waals surface area contributed by atoms with Crippen LogP contribution in [0.1, 0.15) is 16.7 Å². The number of nitrogens with one attached hydrogen (secondary N) is 2. The fourth-order valence-electron chi connectivity index (χ4n) is 3.04. The molecule has 9 heteroatoms. The third-order valence-electron chi connectivity index (χ3n) is 4.14. The topological polar surface area (TPSA) is 70.7 Å². The minimum atomic E-state index is -4.77. The normalized spacial score (nSPS) is 11.3. The Bertz CT molecular complexity index is 889. The molecule has 0 aliphatic rings. The molecule has 0 radical (unpaired) electrons. The molecule has 0 saturated heterocycles. The van der Waals surface area contributed by atoms with E-state index < -0.39 is 12.3 Å². The Morgan fingerprint density at radius 3 is 1.93 bits per heavy atom. The van der Waals surface area contributed by atoms with E-state index in [2.05, 4.69) is 15.4 Å². The fourth-order valence-corrected chi connectivity index (χ4v) is 3.04. The van der Waals surface area contributed by atoms with E-state index in [1.165, 1.54) is 17.0 Å². The van der Waals surface area contributed by atoms with Crippen LogP contribution in [0.5, 0.6) is 5.75 Å². The Kier molecular flexibility index (Phi) is 7.44. The highest BCUT2D eigenvalue weighted by molar-refractivity contribution is 5.95. The van der Waals surface area contributed by atoms with Crippen LogP contribution in [0.4, 0.5) is 24.5 Å². The van der Waals surface area contributed by atoms with E-state index in [4.69, 9.17) is 0 Å². The summed E-state index contributed by atoms with van der Waals surface area (Å²) in [6.07, 6.45) is -4.77. The largest absolute Gasteiger partial charge is 0.573 e. The number of ether oxygens (including phenoxy) is 1. The van der Waals surface area contributed by atoms with E-state index in [1.807, 2.05) is 32.9 Å². The van der Waals surface area contributed by atoms with Crippen molar-refractivity contribution in [3.05, 3.63) is 53.1 Å². The molecule has 0 bridgehead atoms. The molecule has 2 amide bonds. The van der Waals surface area contributed by atoms with Crippen molar-refractivity contribution < 1.29 is 27.5 Å². The summed E-state index contributed by atoms with van der Waals surface area (Å²) < 4.78 is 40.3. The van der Waals surface area contributed by atoms with Gasteiger partial charge in [0.1, 0.15) is 5.75 Å². The van der Waals surface area contributed by atoms with Crippen LogP contribution < -0.4 is 15.4 Å². The number of benzene rings is 2. The van der Waals surface area contributed by atoms with Crippen LogP contribution in [0, 0.1) is 20.8 Å². The van der Waals surface area contributed by atoms with Crippen molar-refractivity contribution in [3.63, 3.8) is 0 Å². The number of carbonyl (C=O) groups excluding carboxylic acids is 2. The summed E-state index contributed by atoms with van der Waals surface area (Å²) >= 11 is 0. The van der Waals surface area contributed by atoms with Crippen LogP contribution in [0.15, 0.2) is 36.4 Å². The Hall–Kier alpha value is -3.07. The summed E-state index contributed by atoms with van der Waals surface area (Å²) in [5.41, 5.74) is 4.09. The predicted octanol–water partition coefficient (Wildman–Crippen LogP) is 4.02. The summed E-state index contributed by atoms with van der Waals surface area (Å²) in [6, 6.07) is 8.76. The van der Waals surface area contributed by atoms with Crippen LogP contribution in [0.25, 0.3) is 0 Å². The SMILES string of the molecule is Cc1cc(C)c(NC(=O)CN(C)CC(=O)Nc2ccc(OC(F)(F)F)cc2)c(C)c1. The third-order valence-corrected chi connectivity index (χ3v) is 4.14. The van der Waals surface area contributed by atoms with Gasteiger partial charge in [0.05, 0.1) is 13.1 Å². The number of nitrogens with zero attached hydrogens (tertiary/aromatic N) is 1. The van der Waals surface area contributed by atoms with E-state index in [0.29, 0.717) is 5.69 Å². The minimum absolute atomic E-state index is 0.00145. The molecular formula is C21H24F3N3O3. The maximum atomic E-state index is 12.3. The zero-order valence-electron chi connectivity index (χ0n) is 17.2. The molecular weight excluding hydrogens is 399 g/mol. The second-order valence-corrected chi connectivity index (χ2v) is 7.11. The van der Waals surface area contributed by atoms with Gasteiger partial charge in [-0.25, -0.2) is 0 Å². The summed E-state index contributed by atoms with van der Waals surface area (Å²) in [7, 11) is 1.62. The molecule has 0 spiro atoms. The van der Waals surface area contributed by atoms with Gasteiger partial charge in [0.2, 0.25) is 11.8 Å². The first-order chi connectivity index (χ1) is 13.9. The summed E-state index contributed by atoms with van der Waals surface area (Å²) in [5.74, 6) is -1.04. The van der Waals surface area contributed by atoms with Crippen molar-refractivity contribution >= 4 is 23.2 Å². The van der Waals surface area contributed by atoms with E-state index >= 15 is 0 Å². The molecule has 30 heavy (non-hydrogen) atoms. The lowest BCUT2D eigenvalue weighted by molar-refractivity contribution is -0.274. The number of likely N-dealkylation sites (N-methyl/N-ethyl adjacent to an activating group) is 1. The fraction of sp³-hybridized carbons (Fsp3) is 0.333. The van der Waals surface area contributed by atoms with Gasteiger partial charge in [0, 0.05) is 11.4 Å². The van der Waals surface area contributed by atoms with Gasteiger partial charge in [0.15, 0.2) is 0 Å². The average molecular weight is 423 g/mol. The first kappa shape index (κ1) is 23.2. The van der Waals surface area contributed by atoms with Crippen LogP contribution in [-0.4, -0.2) is 43.2 Å². The molecule has 2 aromatic rings. The molecule has 0 aliphatic heterocycles. The first-order valence-electron chi connectivity index (χ1n) is 9.15. The highest BCUT2D eigenvalue weighted by Gasteiger charge is 2.31. The van der Waals surface area contributed by atoms with Gasteiger partial charge in [-0.1, -0.05) is 17.7 Å². The lowest BCUT2D eigenvalue weighted by Crippen LogP contribution is -2.36. The Morgan fingerprint density at radius 2 is 1.43 bits per heavy atom. The number of halogens is 3. The third kappa shape index (κ3) is 7.40. The number of hydrogen-bond donors (Lipinski definition) is 2. The van der Waals surface area contributed by atoms with Crippen LogP contribution in [0.2, 0.25) is 0 Å². The zero-order valence-corrected chi connectivity index (χ0v) is 17.2. The smallest absolute Gasteiger partial charge is 0.406 e. The van der Waals surface area contributed by atoms with Crippen molar-refractivity contribution in [3.8, 4) is 5.75 Å². The molecule has 0 aliphatic carbocycles. The van der Waals surface area contributed by atoms with Crippen LogP contribution in [0.3, 0.4) is 0 Å². The van der Waals surface area contributed by atoms with Crippen molar-refractivity contribution in [2.24, 2.45) is 0 Å². The minimum Gasteiger partial charge on any atom is -0.406 e. The van der Waals surface area contributed by atoms with Gasteiger partial charge in [0.25, 0.3) is 0 Å². The lowest BCUT2D eigenvalue weighted by atomic mass is 10.1. The molecule has 2 aromatic carbocycles. The summed E-state index contributed by atoms with van der Waals surface area (Å²) in [4.78, 5) is 26.0. The van der Waals surface area contributed by atoms with E-state index in [-0.39, 0.29) is 24.7 Å². The highest BCUT2D eigenvalue weighted by atomic mass is 19.4. The van der Waals surface area contributed by atoms with Crippen molar-refractivity contribution in [2.75, 3.05) is 30.8 Å². The monoisotopic (exact) mass is 423 g/mol. The zero-order chi connectivity index (χ0) is 22.5. The number of rotatable bonds is 7. The molecule has 2 N–H and O–H groups in total. The van der Waals surface area contributed by atoms with Gasteiger partial charge in [-0.3, -0.25) is 14.5 Å². The lowest BCUT2D eigenvalue weighted by Gasteiger charge is -2.18. The molecule has 0 heterocycles. The van der Waals surface area contributed by atoms with Crippen molar-refractivity contribution in [1.29, 1.82) is 0 Å². The maximum Gasteiger partial charge on any atom is 0.573 e. The quantitative estimate of drug-likeness (QED) is 0.706. The Morgan fingerprint density at radius 1 is 0.933 bits per heavy atom. The number of amides is 2. The standard InChI is InChI=1S/C21H24F3N3O3/c1-13-9-14(2)20(15(3)10-13)26-19(29)12-27(4)11-18(28)25-16-5-7-17(8-6-16)30-21(22,23)24/h5-10H,11-12H2,1-4H3,(H,25,28)(H,26,29). The summed E-state index contributed by atoms with van der Waals surface area (Å²) in [5, 5.41) is 5.43. The average Bonchev–Trinajstić information content (AvgIpc) is 2.58. The van der Waals surface area contributed by atoms with Gasteiger partial charge in [-0.2, -0.15) is 0 Å². The van der Waals surface area contributed by atoms with Crippen LogP contribution >= 0.6 is 0 Å². The first-order valence-corrected chi connectivity index (χ1v) is 9.15. The number of hydrogen-bond acceptors (Lipinski definition) is 4. The predicted molar refractivity (Wildman–Crippen MR) is 109 cm³/mol. The molecule has 0 unspecified atom stereocenters. The molecule has 0 atom stereocenters. The summed E-state index contributed by atoms with van der Waals surface area (Å²) in [6.45, 7) is 5.74. The van der Waals surface area contributed by atoms with Gasteiger partial charge in [-0.15, -0.1) is 13.2 Å². The molecule has 6 nitrogen and oxygen atoms in total. The molecule has 0 saturated carbocycles. The van der Waals surface area contributed by atoms with E-state index in [0.717, 1.165) is 34.5 Å². The van der Waals surface area contributed by atoms with Crippen LogP contribution in [-0.2, 0) is 9.59 Å². The Balaban J connectivity index is 1.85.